The Balaban J connectivity index is 1.46. The van der Waals surface area contributed by atoms with Crippen molar-refractivity contribution >= 4 is 5.96 Å². The molecular formula is C21H30N6O. The van der Waals surface area contributed by atoms with Gasteiger partial charge < -0.3 is 15.4 Å². The number of hydrogen-bond acceptors (Lipinski definition) is 4. The fraction of sp³-hybridized carbons (Fsp3) is 0.571. The molecule has 28 heavy (non-hydrogen) atoms. The molecule has 0 amide bonds. The smallest absolute Gasteiger partial charge is 0.191 e. The zero-order valence-electron chi connectivity index (χ0n) is 16.9. The number of aromatic nitrogens is 3. The molecule has 3 atom stereocenters. The summed E-state index contributed by atoms with van der Waals surface area (Å²) in [5.74, 6) is 1.44. The average Bonchev–Trinajstić information content (AvgIpc) is 3.25. The van der Waals surface area contributed by atoms with Crippen molar-refractivity contribution < 1.29 is 4.74 Å². The van der Waals surface area contributed by atoms with Crippen molar-refractivity contribution in [3.05, 3.63) is 42.5 Å². The van der Waals surface area contributed by atoms with Gasteiger partial charge in [-0.05, 0) is 37.5 Å². The summed E-state index contributed by atoms with van der Waals surface area (Å²) in [4.78, 5) is 8.86. The second-order valence-corrected chi connectivity index (χ2v) is 8.25. The molecule has 150 valence electrons. The number of aliphatic imine (C=N–C) groups is 1. The first kappa shape index (κ1) is 18.9. The van der Waals surface area contributed by atoms with Crippen LogP contribution in [-0.2, 0) is 11.3 Å². The Morgan fingerprint density at radius 2 is 2.29 bits per heavy atom. The van der Waals surface area contributed by atoms with E-state index in [1.807, 2.05) is 12.1 Å². The third kappa shape index (κ3) is 3.63. The van der Waals surface area contributed by atoms with Crippen LogP contribution in [0.5, 0.6) is 0 Å². The van der Waals surface area contributed by atoms with Crippen molar-refractivity contribution in [2.45, 2.75) is 52.3 Å². The van der Waals surface area contributed by atoms with Crippen LogP contribution in [0.2, 0.25) is 0 Å². The number of nitrogens with one attached hydrogen (secondary N) is 2. The van der Waals surface area contributed by atoms with E-state index in [9.17, 15) is 0 Å². The minimum Gasteiger partial charge on any atom is -0.377 e. The first-order chi connectivity index (χ1) is 13.6. The summed E-state index contributed by atoms with van der Waals surface area (Å²) in [5.41, 5.74) is 2.25. The maximum Gasteiger partial charge on any atom is 0.191 e. The van der Waals surface area contributed by atoms with E-state index in [0.29, 0.717) is 24.6 Å². The van der Waals surface area contributed by atoms with E-state index in [1.54, 1.807) is 17.3 Å². The van der Waals surface area contributed by atoms with Gasteiger partial charge in [-0.15, -0.1) is 0 Å². The molecule has 2 heterocycles. The molecule has 1 aromatic heterocycles. The molecule has 2 fully saturated rings. The molecule has 4 rings (SSSR count). The van der Waals surface area contributed by atoms with Gasteiger partial charge in [0, 0.05) is 30.5 Å². The summed E-state index contributed by atoms with van der Waals surface area (Å²) in [6.45, 7) is 9.03. The normalized spacial score (nSPS) is 26.2. The third-order valence-electron chi connectivity index (χ3n) is 5.98. The molecular weight excluding hydrogens is 352 g/mol. The number of rotatable bonds is 5. The van der Waals surface area contributed by atoms with E-state index in [2.05, 4.69) is 53.6 Å². The van der Waals surface area contributed by atoms with Crippen LogP contribution < -0.4 is 10.6 Å². The lowest BCUT2D eigenvalue weighted by Crippen LogP contribution is -2.71. The molecule has 0 bridgehead atoms. The Hall–Kier alpha value is -2.41. The highest BCUT2D eigenvalue weighted by atomic mass is 16.5. The SMILES string of the molecule is CCNC(=NCc1cccc(-n2cncn2)c1)NC1C2CCCOC2C1(C)C. The highest BCUT2D eigenvalue weighted by Crippen LogP contribution is 2.51. The maximum atomic E-state index is 6.03. The maximum absolute atomic E-state index is 6.03. The van der Waals surface area contributed by atoms with Gasteiger partial charge in [-0.3, -0.25) is 0 Å². The molecule has 1 aliphatic heterocycles. The highest BCUT2D eigenvalue weighted by Gasteiger charge is 2.58. The van der Waals surface area contributed by atoms with Crippen molar-refractivity contribution in [3.8, 4) is 5.69 Å². The Morgan fingerprint density at radius 3 is 3.07 bits per heavy atom. The standard InChI is InChI=1S/C21H30N6O/c1-4-23-20(26-18-17-9-6-10-28-19(17)21(18,2)3)24-12-15-7-5-8-16(11-15)27-14-22-13-25-27/h5,7-8,11,13-14,17-19H,4,6,9-10,12H2,1-3H3,(H2,23,24,26). The molecule has 0 radical (unpaired) electrons. The van der Waals surface area contributed by atoms with Crippen molar-refractivity contribution in [3.63, 3.8) is 0 Å². The lowest BCUT2D eigenvalue weighted by molar-refractivity contribution is -0.188. The summed E-state index contributed by atoms with van der Waals surface area (Å²) < 4.78 is 7.79. The van der Waals surface area contributed by atoms with Crippen LogP contribution in [-0.4, -0.2) is 46.0 Å². The number of benzene rings is 1. The van der Waals surface area contributed by atoms with Gasteiger partial charge in [-0.25, -0.2) is 14.7 Å². The molecule has 1 saturated carbocycles. The molecule has 7 heteroatoms. The summed E-state index contributed by atoms with van der Waals surface area (Å²) in [6, 6.07) is 8.62. The van der Waals surface area contributed by atoms with Crippen LogP contribution in [0.4, 0.5) is 0 Å². The zero-order valence-corrected chi connectivity index (χ0v) is 16.9. The van der Waals surface area contributed by atoms with Crippen molar-refractivity contribution in [1.29, 1.82) is 0 Å². The molecule has 0 spiro atoms. The molecule has 1 saturated heterocycles. The topological polar surface area (TPSA) is 76.4 Å². The number of hydrogen-bond donors (Lipinski definition) is 2. The van der Waals surface area contributed by atoms with E-state index in [0.717, 1.165) is 36.8 Å². The second-order valence-electron chi connectivity index (χ2n) is 8.25. The summed E-state index contributed by atoms with van der Waals surface area (Å²) in [7, 11) is 0. The van der Waals surface area contributed by atoms with E-state index < -0.39 is 0 Å². The Labute approximate surface area is 166 Å². The van der Waals surface area contributed by atoms with E-state index >= 15 is 0 Å². The molecule has 2 aliphatic rings. The number of guanidine groups is 1. The summed E-state index contributed by atoms with van der Waals surface area (Å²) in [6.07, 6.45) is 5.99. The molecule has 2 N–H and O–H groups in total. The molecule has 3 unspecified atom stereocenters. The lowest BCUT2D eigenvalue weighted by Gasteiger charge is -2.60. The van der Waals surface area contributed by atoms with Gasteiger partial charge >= 0.3 is 0 Å². The molecule has 1 aromatic carbocycles. The molecule has 7 nitrogen and oxygen atoms in total. The van der Waals surface area contributed by atoms with E-state index in [1.165, 1.54) is 6.42 Å². The van der Waals surface area contributed by atoms with Gasteiger partial charge in [0.05, 0.1) is 18.3 Å². The predicted molar refractivity (Wildman–Crippen MR) is 109 cm³/mol. The largest absolute Gasteiger partial charge is 0.377 e. The fourth-order valence-electron chi connectivity index (χ4n) is 4.59. The zero-order chi connectivity index (χ0) is 19.6. The quantitative estimate of drug-likeness (QED) is 0.614. The van der Waals surface area contributed by atoms with Crippen LogP contribution in [0.3, 0.4) is 0 Å². The average molecular weight is 383 g/mol. The van der Waals surface area contributed by atoms with Crippen LogP contribution in [0.1, 0.15) is 39.2 Å². The van der Waals surface area contributed by atoms with Gasteiger partial charge in [0.15, 0.2) is 5.96 Å². The minimum absolute atomic E-state index is 0.119. The predicted octanol–water partition coefficient (Wildman–Crippen LogP) is 2.53. The first-order valence-corrected chi connectivity index (χ1v) is 10.2. The first-order valence-electron chi connectivity index (χ1n) is 10.2. The third-order valence-corrected chi connectivity index (χ3v) is 5.98. The summed E-state index contributed by atoms with van der Waals surface area (Å²) >= 11 is 0. The Morgan fingerprint density at radius 1 is 1.39 bits per heavy atom. The minimum atomic E-state index is 0.119. The summed E-state index contributed by atoms with van der Waals surface area (Å²) in [5, 5.41) is 11.3. The number of ether oxygens (including phenoxy) is 1. The van der Waals surface area contributed by atoms with Crippen LogP contribution in [0, 0.1) is 11.3 Å². The second kappa shape index (κ2) is 7.91. The number of nitrogens with zero attached hydrogens (tertiary/aromatic N) is 4. The van der Waals surface area contributed by atoms with Crippen molar-refractivity contribution in [2.24, 2.45) is 16.3 Å². The molecule has 1 aliphatic carbocycles. The lowest BCUT2D eigenvalue weighted by atomic mass is 9.55. The monoisotopic (exact) mass is 382 g/mol. The van der Waals surface area contributed by atoms with Gasteiger partial charge in [0.25, 0.3) is 0 Å². The van der Waals surface area contributed by atoms with E-state index in [-0.39, 0.29) is 5.41 Å². The van der Waals surface area contributed by atoms with Crippen molar-refractivity contribution in [1.82, 2.24) is 25.4 Å². The van der Waals surface area contributed by atoms with Gasteiger partial charge in [0.1, 0.15) is 12.7 Å². The van der Waals surface area contributed by atoms with E-state index in [4.69, 9.17) is 9.73 Å². The Bertz CT molecular complexity index is 816. The van der Waals surface area contributed by atoms with Crippen LogP contribution in [0.25, 0.3) is 5.69 Å². The van der Waals surface area contributed by atoms with Crippen LogP contribution >= 0.6 is 0 Å². The molecule has 2 aromatic rings. The fourth-order valence-corrected chi connectivity index (χ4v) is 4.59. The van der Waals surface area contributed by atoms with Gasteiger partial charge in [-0.2, -0.15) is 5.10 Å². The highest BCUT2D eigenvalue weighted by molar-refractivity contribution is 5.80. The van der Waals surface area contributed by atoms with Crippen LogP contribution in [0.15, 0.2) is 41.9 Å². The number of fused-ring (bicyclic) bond motifs is 1. The van der Waals surface area contributed by atoms with Gasteiger partial charge in [-0.1, -0.05) is 26.0 Å². The Kier molecular flexibility index (Phi) is 5.35. The van der Waals surface area contributed by atoms with Crippen molar-refractivity contribution in [2.75, 3.05) is 13.2 Å². The van der Waals surface area contributed by atoms with Gasteiger partial charge in [0.2, 0.25) is 0 Å².